The Kier molecular flexibility index (Phi) is 5.77. The van der Waals surface area contributed by atoms with E-state index in [1.54, 1.807) is 0 Å². The summed E-state index contributed by atoms with van der Waals surface area (Å²) in [7, 11) is 0. The molecule has 0 bridgehead atoms. The van der Waals surface area contributed by atoms with Crippen LogP contribution >= 0.6 is 0 Å². The van der Waals surface area contributed by atoms with E-state index in [-0.39, 0.29) is 17.9 Å². The maximum Gasteiger partial charge on any atom is 0.240 e. The minimum Gasteiger partial charge on any atom is -0.341 e. The van der Waals surface area contributed by atoms with E-state index in [0.717, 1.165) is 58.4 Å². The van der Waals surface area contributed by atoms with Crippen LogP contribution in [-0.2, 0) is 16.1 Å². The van der Waals surface area contributed by atoms with Gasteiger partial charge in [0.2, 0.25) is 11.8 Å². The van der Waals surface area contributed by atoms with Gasteiger partial charge in [0, 0.05) is 45.2 Å². The molecule has 1 saturated carbocycles. The number of nitrogens with zero attached hydrogens (tertiary/aromatic N) is 3. The van der Waals surface area contributed by atoms with Crippen LogP contribution in [-0.4, -0.2) is 65.3 Å². The van der Waals surface area contributed by atoms with Gasteiger partial charge in [-0.1, -0.05) is 43.2 Å². The van der Waals surface area contributed by atoms with Crippen LogP contribution in [0.25, 0.3) is 0 Å². The molecular weight excluding hydrogens is 338 g/mol. The summed E-state index contributed by atoms with van der Waals surface area (Å²) in [6.07, 6.45) is 6.40. The highest BCUT2D eigenvalue weighted by Gasteiger charge is 2.37. The Morgan fingerprint density at radius 2 is 1.67 bits per heavy atom. The first-order chi connectivity index (χ1) is 13.2. The monoisotopic (exact) mass is 369 g/mol. The van der Waals surface area contributed by atoms with Crippen molar-refractivity contribution in [2.45, 2.75) is 51.1 Å². The summed E-state index contributed by atoms with van der Waals surface area (Å²) < 4.78 is 0. The van der Waals surface area contributed by atoms with E-state index >= 15 is 0 Å². The third-order valence-corrected chi connectivity index (χ3v) is 6.47. The SMILES string of the molecule is O=C(C1CCCC1)N1CCCN([C@@H]2CCN(Cc3ccccc3)C2=O)CC1. The number of carbonyl (C=O) groups excluding carboxylic acids is 2. The number of hydrogen-bond donors (Lipinski definition) is 0. The molecule has 0 spiro atoms. The van der Waals surface area contributed by atoms with Crippen molar-refractivity contribution in [2.24, 2.45) is 5.92 Å². The largest absolute Gasteiger partial charge is 0.341 e. The first-order valence-electron chi connectivity index (χ1n) is 10.6. The molecular formula is C22H31N3O2. The average molecular weight is 370 g/mol. The zero-order valence-corrected chi connectivity index (χ0v) is 16.2. The quantitative estimate of drug-likeness (QED) is 0.819. The van der Waals surface area contributed by atoms with Gasteiger partial charge in [-0.25, -0.2) is 0 Å². The molecule has 1 aromatic carbocycles. The smallest absolute Gasteiger partial charge is 0.240 e. The predicted octanol–water partition coefficient (Wildman–Crippen LogP) is 2.51. The molecule has 5 nitrogen and oxygen atoms in total. The molecule has 1 aliphatic carbocycles. The third kappa shape index (κ3) is 4.18. The lowest BCUT2D eigenvalue weighted by Crippen LogP contribution is -2.44. The highest BCUT2D eigenvalue weighted by atomic mass is 16.2. The van der Waals surface area contributed by atoms with E-state index in [1.807, 2.05) is 23.1 Å². The van der Waals surface area contributed by atoms with Gasteiger partial charge in [0.1, 0.15) is 0 Å². The molecule has 2 saturated heterocycles. The van der Waals surface area contributed by atoms with Crippen LogP contribution in [0.1, 0.15) is 44.1 Å². The Balaban J connectivity index is 1.32. The second-order valence-electron chi connectivity index (χ2n) is 8.25. The first kappa shape index (κ1) is 18.5. The van der Waals surface area contributed by atoms with Crippen LogP contribution in [0.4, 0.5) is 0 Å². The summed E-state index contributed by atoms with van der Waals surface area (Å²) in [5.41, 5.74) is 1.19. The number of carbonyl (C=O) groups is 2. The minimum absolute atomic E-state index is 0.00440. The zero-order valence-electron chi connectivity index (χ0n) is 16.2. The van der Waals surface area contributed by atoms with Crippen molar-refractivity contribution in [3.63, 3.8) is 0 Å². The maximum atomic E-state index is 12.9. The van der Waals surface area contributed by atoms with Gasteiger partial charge in [-0.05, 0) is 31.2 Å². The Bertz CT molecular complexity index is 657. The highest BCUT2D eigenvalue weighted by molar-refractivity contribution is 5.84. The Hall–Kier alpha value is -1.88. The zero-order chi connectivity index (χ0) is 18.6. The number of rotatable bonds is 4. The van der Waals surface area contributed by atoms with Gasteiger partial charge < -0.3 is 9.80 Å². The summed E-state index contributed by atoms with van der Waals surface area (Å²) in [4.78, 5) is 32.1. The normalized spacial score (nSPS) is 25.2. The fraction of sp³-hybridized carbons (Fsp3) is 0.636. The number of benzene rings is 1. The van der Waals surface area contributed by atoms with E-state index in [4.69, 9.17) is 0 Å². The van der Waals surface area contributed by atoms with E-state index in [9.17, 15) is 9.59 Å². The first-order valence-corrected chi connectivity index (χ1v) is 10.6. The van der Waals surface area contributed by atoms with Gasteiger partial charge in [0.25, 0.3) is 0 Å². The van der Waals surface area contributed by atoms with Crippen LogP contribution in [0, 0.1) is 5.92 Å². The number of hydrogen-bond acceptors (Lipinski definition) is 3. The van der Waals surface area contributed by atoms with Gasteiger partial charge in [0.15, 0.2) is 0 Å². The molecule has 3 aliphatic rings. The van der Waals surface area contributed by atoms with Gasteiger partial charge in [-0.3, -0.25) is 14.5 Å². The number of likely N-dealkylation sites (tertiary alicyclic amines) is 1. The molecule has 1 aromatic rings. The Labute approximate surface area is 162 Å². The lowest BCUT2D eigenvalue weighted by molar-refractivity contribution is -0.135. The minimum atomic E-state index is -0.00440. The van der Waals surface area contributed by atoms with E-state index in [1.165, 1.54) is 18.4 Å². The molecule has 5 heteroatoms. The summed E-state index contributed by atoms with van der Waals surface area (Å²) in [6, 6.07) is 10.2. The molecule has 3 fully saturated rings. The molecule has 0 N–H and O–H groups in total. The van der Waals surface area contributed by atoms with E-state index < -0.39 is 0 Å². The van der Waals surface area contributed by atoms with Crippen molar-refractivity contribution < 1.29 is 9.59 Å². The molecule has 0 unspecified atom stereocenters. The molecule has 2 aliphatic heterocycles. The molecule has 0 radical (unpaired) electrons. The topological polar surface area (TPSA) is 43.9 Å². The van der Waals surface area contributed by atoms with Crippen molar-refractivity contribution in [3.05, 3.63) is 35.9 Å². The van der Waals surface area contributed by atoms with Crippen molar-refractivity contribution in [3.8, 4) is 0 Å². The van der Waals surface area contributed by atoms with Gasteiger partial charge >= 0.3 is 0 Å². The van der Waals surface area contributed by atoms with E-state index in [2.05, 4.69) is 21.9 Å². The van der Waals surface area contributed by atoms with Crippen molar-refractivity contribution in [2.75, 3.05) is 32.7 Å². The summed E-state index contributed by atoms with van der Waals surface area (Å²) in [5, 5.41) is 0. The fourth-order valence-corrected chi connectivity index (χ4v) is 4.92. The molecule has 4 rings (SSSR count). The lowest BCUT2D eigenvalue weighted by atomic mass is 10.1. The summed E-state index contributed by atoms with van der Waals surface area (Å²) in [6.45, 7) is 4.91. The average Bonchev–Trinajstić information content (AvgIpc) is 3.28. The van der Waals surface area contributed by atoms with Crippen LogP contribution in [0.15, 0.2) is 30.3 Å². The lowest BCUT2D eigenvalue weighted by Gasteiger charge is -2.27. The van der Waals surface area contributed by atoms with Gasteiger partial charge in [-0.15, -0.1) is 0 Å². The molecule has 2 amide bonds. The van der Waals surface area contributed by atoms with Crippen LogP contribution < -0.4 is 0 Å². The summed E-state index contributed by atoms with van der Waals surface area (Å²) in [5.74, 6) is 0.873. The molecule has 2 heterocycles. The Morgan fingerprint density at radius 1 is 0.889 bits per heavy atom. The van der Waals surface area contributed by atoms with Crippen molar-refractivity contribution >= 4 is 11.8 Å². The molecule has 1 atom stereocenters. The third-order valence-electron chi connectivity index (χ3n) is 6.47. The maximum absolute atomic E-state index is 12.9. The second-order valence-corrected chi connectivity index (χ2v) is 8.25. The Morgan fingerprint density at radius 3 is 2.44 bits per heavy atom. The predicted molar refractivity (Wildman–Crippen MR) is 105 cm³/mol. The fourth-order valence-electron chi connectivity index (χ4n) is 4.92. The standard InChI is InChI=1S/C22H31N3O2/c26-21(19-9-4-5-10-19)24-13-6-12-23(15-16-24)20-11-14-25(22(20)27)17-18-7-2-1-3-8-18/h1-3,7-8,19-20H,4-6,9-17H2/t20-/m1/s1. The van der Waals surface area contributed by atoms with Crippen molar-refractivity contribution in [1.82, 2.24) is 14.7 Å². The van der Waals surface area contributed by atoms with Gasteiger partial charge in [0.05, 0.1) is 6.04 Å². The number of amides is 2. The van der Waals surface area contributed by atoms with Crippen molar-refractivity contribution in [1.29, 1.82) is 0 Å². The highest BCUT2D eigenvalue weighted by Crippen LogP contribution is 2.27. The molecule has 146 valence electrons. The second kappa shape index (κ2) is 8.42. The molecule has 0 aromatic heterocycles. The van der Waals surface area contributed by atoms with Crippen LogP contribution in [0.2, 0.25) is 0 Å². The van der Waals surface area contributed by atoms with E-state index in [0.29, 0.717) is 12.5 Å². The van der Waals surface area contributed by atoms with Crippen LogP contribution in [0.5, 0.6) is 0 Å². The van der Waals surface area contributed by atoms with Gasteiger partial charge in [-0.2, -0.15) is 0 Å². The molecule has 27 heavy (non-hydrogen) atoms. The summed E-state index contributed by atoms with van der Waals surface area (Å²) >= 11 is 0. The van der Waals surface area contributed by atoms with Crippen LogP contribution in [0.3, 0.4) is 0 Å².